The van der Waals surface area contributed by atoms with Gasteiger partial charge in [0.25, 0.3) is 0 Å². The first-order chi connectivity index (χ1) is 6.47. The molecular weight excluding hydrogens is 199 g/mol. The van der Waals surface area contributed by atoms with Crippen LogP contribution in [-0.4, -0.2) is 22.1 Å². The number of halogens is 3. The second-order valence-corrected chi connectivity index (χ2v) is 2.60. The lowest BCUT2D eigenvalue weighted by atomic mass is 10.3. The summed E-state index contributed by atoms with van der Waals surface area (Å²) in [5.41, 5.74) is 0. The minimum absolute atomic E-state index is 0.150. The van der Waals surface area contributed by atoms with Gasteiger partial charge in [-0.05, 0) is 0 Å². The number of carbonyl (C=O) groups excluding carboxylic acids is 1. The van der Waals surface area contributed by atoms with Crippen molar-refractivity contribution >= 4 is 11.9 Å². The van der Waals surface area contributed by atoms with Gasteiger partial charge in [0, 0.05) is 18.8 Å². The smallest absolute Gasteiger partial charge is 0.331 e. The Kier molecular flexibility index (Phi) is 3.10. The SMILES string of the molecule is O=C(CCC(F)(F)F)Nc1ncc[nH]1. The lowest BCUT2D eigenvalue weighted by molar-refractivity contribution is -0.142. The van der Waals surface area contributed by atoms with Crippen molar-refractivity contribution in [3.63, 3.8) is 0 Å². The molecule has 1 aromatic rings. The number of hydrogen-bond acceptors (Lipinski definition) is 2. The van der Waals surface area contributed by atoms with E-state index in [4.69, 9.17) is 0 Å². The van der Waals surface area contributed by atoms with Crippen LogP contribution in [0.5, 0.6) is 0 Å². The molecule has 0 saturated heterocycles. The highest BCUT2D eigenvalue weighted by molar-refractivity contribution is 5.88. The Morgan fingerprint density at radius 2 is 2.29 bits per heavy atom. The van der Waals surface area contributed by atoms with Crippen LogP contribution in [0.25, 0.3) is 0 Å². The second-order valence-electron chi connectivity index (χ2n) is 2.60. The molecule has 4 nitrogen and oxygen atoms in total. The summed E-state index contributed by atoms with van der Waals surface area (Å²) < 4.78 is 35.1. The Labute approximate surface area is 77.5 Å². The fourth-order valence-corrected chi connectivity index (χ4v) is 0.783. The Morgan fingerprint density at radius 1 is 1.57 bits per heavy atom. The first-order valence-electron chi connectivity index (χ1n) is 3.83. The highest BCUT2D eigenvalue weighted by atomic mass is 19.4. The van der Waals surface area contributed by atoms with Crippen molar-refractivity contribution in [2.24, 2.45) is 0 Å². The van der Waals surface area contributed by atoms with Crippen LogP contribution in [0, 0.1) is 0 Å². The number of imidazole rings is 1. The molecule has 0 spiro atoms. The first-order valence-corrected chi connectivity index (χ1v) is 3.83. The maximum Gasteiger partial charge on any atom is 0.389 e. The highest BCUT2D eigenvalue weighted by Gasteiger charge is 2.27. The number of aromatic nitrogens is 2. The van der Waals surface area contributed by atoms with E-state index in [0.717, 1.165) is 0 Å². The summed E-state index contributed by atoms with van der Waals surface area (Å²) in [7, 11) is 0. The van der Waals surface area contributed by atoms with E-state index in [0.29, 0.717) is 0 Å². The van der Waals surface area contributed by atoms with Crippen molar-refractivity contribution < 1.29 is 18.0 Å². The average Bonchev–Trinajstić information content (AvgIpc) is 2.52. The molecule has 0 aliphatic rings. The van der Waals surface area contributed by atoms with Gasteiger partial charge in [0.05, 0.1) is 6.42 Å². The maximum absolute atomic E-state index is 11.7. The van der Waals surface area contributed by atoms with Crippen LogP contribution in [0.4, 0.5) is 19.1 Å². The monoisotopic (exact) mass is 207 g/mol. The van der Waals surface area contributed by atoms with Gasteiger partial charge in [0.15, 0.2) is 0 Å². The molecule has 14 heavy (non-hydrogen) atoms. The summed E-state index contributed by atoms with van der Waals surface area (Å²) in [6.45, 7) is 0. The van der Waals surface area contributed by atoms with Gasteiger partial charge >= 0.3 is 6.18 Å². The molecule has 0 aliphatic heterocycles. The number of rotatable bonds is 3. The van der Waals surface area contributed by atoms with Crippen molar-refractivity contribution in [1.82, 2.24) is 9.97 Å². The van der Waals surface area contributed by atoms with Crippen LogP contribution < -0.4 is 5.32 Å². The topological polar surface area (TPSA) is 57.8 Å². The van der Waals surface area contributed by atoms with Gasteiger partial charge in [-0.15, -0.1) is 0 Å². The third-order valence-electron chi connectivity index (χ3n) is 1.39. The maximum atomic E-state index is 11.7. The summed E-state index contributed by atoms with van der Waals surface area (Å²) in [6, 6.07) is 0. The summed E-state index contributed by atoms with van der Waals surface area (Å²) >= 11 is 0. The number of nitrogens with zero attached hydrogens (tertiary/aromatic N) is 1. The largest absolute Gasteiger partial charge is 0.389 e. The summed E-state index contributed by atoms with van der Waals surface area (Å²) in [6.07, 6.45) is -3.18. The van der Waals surface area contributed by atoms with Gasteiger partial charge in [0.1, 0.15) is 0 Å². The molecule has 1 heterocycles. The Balaban J connectivity index is 2.30. The molecule has 0 saturated carbocycles. The summed E-state index contributed by atoms with van der Waals surface area (Å²) in [4.78, 5) is 17.1. The zero-order valence-electron chi connectivity index (χ0n) is 7.06. The van der Waals surface area contributed by atoms with Crippen LogP contribution in [0.2, 0.25) is 0 Å². The molecule has 0 bridgehead atoms. The summed E-state index contributed by atoms with van der Waals surface area (Å²) in [5.74, 6) is -0.561. The third-order valence-corrected chi connectivity index (χ3v) is 1.39. The van der Waals surface area contributed by atoms with Crippen LogP contribution in [0.3, 0.4) is 0 Å². The van der Waals surface area contributed by atoms with Gasteiger partial charge in [0.2, 0.25) is 11.9 Å². The predicted octanol–water partition coefficient (Wildman–Crippen LogP) is 1.69. The van der Waals surface area contributed by atoms with Crippen molar-refractivity contribution in [1.29, 1.82) is 0 Å². The molecule has 1 amide bonds. The van der Waals surface area contributed by atoms with Gasteiger partial charge in [-0.1, -0.05) is 0 Å². The van der Waals surface area contributed by atoms with E-state index in [2.05, 4.69) is 15.3 Å². The van der Waals surface area contributed by atoms with E-state index >= 15 is 0 Å². The Morgan fingerprint density at radius 3 is 2.79 bits per heavy atom. The molecule has 1 aromatic heterocycles. The lowest BCUT2D eigenvalue weighted by Gasteiger charge is -2.05. The van der Waals surface area contributed by atoms with Crippen LogP contribution in [0.1, 0.15) is 12.8 Å². The molecular formula is C7H8F3N3O. The fourth-order valence-electron chi connectivity index (χ4n) is 0.783. The molecule has 1 rings (SSSR count). The zero-order chi connectivity index (χ0) is 10.6. The number of alkyl halides is 3. The minimum atomic E-state index is -4.31. The third kappa shape index (κ3) is 3.92. The number of aromatic amines is 1. The first kappa shape index (κ1) is 10.6. The minimum Gasteiger partial charge on any atom is -0.331 e. The fraction of sp³-hybridized carbons (Fsp3) is 0.429. The molecule has 0 unspecified atom stereocenters. The van der Waals surface area contributed by atoms with E-state index in [1.165, 1.54) is 12.4 Å². The lowest BCUT2D eigenvalue weighted by Crippen LogP contribution is -2.17. The van der Waals surface area contributed by atoms with Crippen molar-refractivity contribution in [2.45, 2.75) is 19.0 Å². The number of H-pyrrole nitrogens is 1. The van der Waals surface area contributed by atoms with Gasteiger partial charge in [-0.2, -0.15) is 13.2 Å². The predicted molar refractivity (Wildman–Crippen MR) is 42.5 cm³/mol. The Hall–Kier alpha value is -1.53. The number of hydrogen-bond donors (Lipinski definition) is 2. The normalized spacial score (nSPS) is 11.4. The van der Waals surface area contributed by atoms with Gasteiger partial charge in [-0.25, -0.2) is 4.98 Å². The van der Waals surface area contributed by atoms with E-state index < -0.39 is 24.9 Å². The Bertz CT molecular complexity index is 294. The van der Waals surface area contributed by atoms with E-state index in [1.54, 1.807) is 0 Å². The van der Waals surface area contributed by atoms with Crippen LogP contribution >= 0.6 is 0 Å². The second kappa shape index (κ2) is 4.12. The number of carbonyl (C=O) groups is 1. The standard InChI is InChI=1S/C7H8F3N3O/c8-7(9,10)2-1-5(14)13-6-11-3-4-12-6/h3-4H,1-2H2,(H2,11,12,13,14). The van der Waals surface area contributed by atoms with E-state index in [9.17, 15) is 18.0 Å². The van der Waals surface area contributed by atoms with Crippen molar-refractivity contribution in [3.8, 4) is 0 Å². The number of amides is 1. The molecule has 0 aromatic carbocycles. The molecule has 78 valence electrons. The molecule has 0 aliphatic carbocycles. The number of nitrogens with one attached hydrogen (secondary N) is 2. The van der Waals surface area contributed by atoms with Gasteiger partial charge < -0.3 is 4.98 Å². The average molecular weight is 207 g/mol. The molecule has 0 atom stereocenters. The van der Waals surface area contributed by atoms with Crippen molar-refractivity contribution in [3.05, 3.63) is 12.4 Å². The van der Waals surface area contributed by atoms with Gasteiger partial charge in [-0.3, -0.25) is 10.1 Å². The van der Waals surface area contributed by atoms with E-state index in [1.807, 2.05) is 0 Å². The molecule has 0 fully saturated rings. The molecule has 7 heteroatoms. The molecule has 0 radical (unpaired) electrons. The van der Waals surface area contributed by atoms with Crippen LogP contribution in [-0.2, 0) is 4.79 Å². The summed E-state index contributed by atoms with van der Waals surface area (Å²) in [5, 5.41) is 2.19. The zero-order valence-corrected chi connectivity index (χ0v) is 7.06. The molecule has 2 N–H and O–H groups in total. The number of anilines is 1. The van der Waals surface area contributed by atoms with E-state index in [-0.39, 0.29) is 5.95 Å². The quantitative estimate of drug-likeness (QED) is 0.792. The van der Waals surface area contributed by atoms with Crippen molar-refractivity contribution in [2.75, 3.05) is 5.32 Å². The highest BCUT2D eigenvalue weighted by Crippen LogP contribution is 2.21. The van der Waals surface area contributed by atoms with Crippen LogP contribution in [0.15, 0.2) is 12.4 Å².